The van der Waals surface area contributed by atoms with Crippen LogP contribution >= 0.6 is 15.9 Å². The third-order valence-corrected chi connectivity index (χ3v) is 3.10. The maximum absolute atomic E-state index is 11.9. The molecule has 0 saturated carbocycles. The van der Waals surface area contributed by atoms with Crippen molar-refractivity contribution in [1.82, 2.24) is 10.3 Å². The maximum atomic E-state index is 11.9. The minimum atomic E-state index is -1.01. The number of unbranched alkanes of at least 4 members (excludes halogenated alkanes) is 1. The second kappa shape index (κ2) is 7.10. The molecule has 1 amide bonds. The molecule has 6 heteroatoms. The number of hydrogen-bond acceptors (Lipinski definition) is 3. The lowest BCUT2D eigenvalue weighted by Gasteiger charge is -2.14. The first-order chi connectivity index (χ1) is 8.56. The van der Waals surface area contributed by atoms with Crippen molar-refractivity contribution in [2.24, 2.45) is 0 Å². The minimum absolute atomic E-state index is 0.382. The number of pyridine rings is 1. The molecule has 0 unspecified atom stereocenters. The number of nitrogens with zero attached hydrogens (tertiary/aromatic N) is 1. The van der Waals surface area contributed by atoms with E-state index in [1.54, 1.807) is 0 Å². The van der Waals surface area contributed by atoms with Gasteiger partial charge in [-0.2, -0.15) is 0 Å². The van der Waals surface area contributed by atoms with E-state index in [2.05, 4.69) is 26.2 Å². The van der Waals surface area contributed by atoms with Gasteiger partial charge < -0.3 is 10.4 Å². The first-order valence-electron chi connectivity index (χ1n) is 5.69. The Hall–Kier alpha value is -1.43. The van der Waals surface area contributed by atoms with Crippen LogP contribution in [0.15, 0.2) is 22.9 Å². The predicted octanol–water partition coefficient (Wildman–Crippen LogP) is 2.22. The van der Waals surface area contributed by atoms with Crippen LogP contribution in [0.25, 0.3) is 0 Å². The van der Waals surface area contributed by atoms with Crippen molar-refractivity contribution < 1.29 is 14.7 Å². The molecular formula is C12H15BrN2O3. The molecule has 0 fully saturated rings. The normalized spacial score (nSPS) is 11.9. The van der Waals surface area contributed by atoms with Gasteiger partial charge in [-0.25, -0.2) is 4.79 Å². The summed E-state index contributed by atoms with van der Waals surface area (Å²) in [4.78, 5) is 26.8. The molecule has 18 heavy (non-hydrogen) atoms. The minimum Gasteiger partial charge on any atom is -0.480 e. The van der Waals surface area contributed by atoms with Crippen molar-refractivity contribution in [2.45, 2.75) is 32.2 Å². The number of carbonyl (C=O) groups is 2. The first-order valence-corrected chi connectivity index (χ1v) is 6.48. The summed E-state index contributed by atoms with van der Waals surface area (Å²) in [5.74, 6) is -1.42. The van der Waals surface area contributed by atoms with Crippen molar-refractivity contribution in [1.29, 1.82) is 0 Å². The van der Waals surface area contributed by atoms with Crippen LogP contribution in [0.1, 0.15) is 36.5 Å². The van der Waals surface area contributed by atoms with Gasteiger partial charge in [0.1, 0.15) is 6.04 Å². The van der Waals surface area contributed by atoms with Gasteiger partial charge in [-0.3, -0.25) is 9.78 Å². The number of aromatic nitrogens is 1. The first kappa shape index (κ1) is 14.6. The zero-order chi connectivity index (χ0) is 13.5. The van der Waals surface area contributed by atoms with Gasteiger partial charge >= 0.3 is 5.97 Å². The zero-order valence-corrected chi connectivity index (χ0v) is 11.6. The fraction of sp³-hybridized carbons (Fsp3) is 0.417. The molecule has 98 valence electrons. The van der Waals surface area contributed by atoms with E-state index < -0.39 is 17.9 Å². The molecule has 0 aliphatic carbocycles. The van der Waals surface area contributed by atoms with Crippen LogP contribution in [-0.2, 0) is 4.79 Å². The Kier molecular flexibility index (Phi) is 5.77. The largest absolute Gasteiger partial charge is 0.480 e. The highest BCUT2D eigenvalue weighted by atomic mass is 79.9. The summed E-state index contributed by atoms with van der Waals surface area (Å²) in [6.45, 7) is 1.97. The zero-order valence-electron chi connectivity index (χ0n) is 10.0. The van der Waals surface area contributed by atoms with Gasteiger partial charge in [-0.15, -0.1) is 0 Å². The van der Waals surface area contributed by atoms with Gasteiger partial charge in [-0.1, -0.05) is 19.8 Å². The van der Waals surface area contributed by atoms with Crippen molar-refractivity contribution in [3.8, 4) is 0 Å². The number of nitrogens with one attached hydrogen (secondary N) is 1. The van der Waals surface area contributed by atoms with Crippen LogP contribution in [0.5, 0.6) is 0 Å². The fourth-order valence-corrected chi connectivity index (χ4v) is 1.89. The van der Waals surface area contributed by atoms with E-state index >= 15 is 0 Å². The Morgan fingerprint density at radius 2 is 2.28 bits per heavy atom. The van der Waals surface area contributed by atoms with Crippen molar-refractivity contribution in [3.63, 3.8) is 0 Å². The standard InChI is InChI=1S/C12H15BrN2O3/c1-2-3-4-10(12(17)18)15-11(16)8-5-6-14-7-9(8)13/h5-7,10H,2-4H2,1H3,(H,15,16)(H,17,18)/t10-/m0/s1. The number of carboxylic acid groups (broad SMARTS) is 1. The summed E-state index contributed by atoms with van der Waals surface area (Å²) >= 11 is 3.21. The van der Waals surface area contributed by atoms with Gasteiger partial charge in [0.25, 0.3) is 5.91 Å². The average molecular weight is 315 g/mol. The Morgan fingerprint density at radius 3 is 2.83 bits per heavy atom. The van der Waals surface area contributed by atoms with Crippen LogP contribution in [0, 0.1) is 0 Å². The van der Waals surface area contributed by atoms with Gasteiger partial charge in [0.2, 0.25) is 0 Å². The molecular weight excluding hydrogens is 300 g/mol. The number of halogens is 1. The molecule has 0 aromatic carbocycles. The smallest absolute Gasteiger partial charge is 0.326 e. The number of carboxylic acids is 1. The van der Waals surface area contributed by atoms with E-state index in [1.807, 2.05) is 6.92 Å². The van der Waals surface area contributed by atoms with E-state index in [4.69, 9.17) is 5.11 Å². The van der Waals surface area contributed by atoms with Crippen LogP contribution in [0.2, 0.25) is 0 Å². The van der Waals surface area contributed by atoms with Crippen LogP contribution in [0.3, 0.4) is 0 Å². The highest BCUT2D eigenvalue weighted by molar-refractivity contribution is 9.10. The van der Waals surface area contributed by atoms with Crippen LogP contribution in [-0.4, -0.2) is 28.0 Å². The number of rotatable bonds is 6. The molecule has 1 aromatic heterocycles. The van der Waals surface area contributed by atoms with Crippen LogP contribution in [0.4, 0.5) is 0 Å². The highest BCUT2D eigenvalue weighted by Gasteiger charge is 2.20. The molecule has 0 bridgehead atoms. The predicted molar refractivity (Wildman–Crippen MR) is 70.4 cm³/mol. The molecule has 0 spiro atoms. The lowest BCUT2D eigenvalue weighted by molar-refractivity contribution is -0.139. The van der Waals surface area contributed by atoms with Crippen molar-refractivity contribution >= 4 is 27.8 Å². The summed E-state index contributed by atoms with van der Waals surface area (Å²) in [6, 6.07) is 0.690. The summed E-state index contributed by atoms with van der Waals surface area (Å²) in [6.07, 6.45) is 5.06. The molecule has 1 atom stereocenters. The van der Waals surface area contributed by atoms with Crippen molar-refractivity contribution in [3.05, 3.63) is 28.5 Å². The highest BCUT2D eigenvalue weighted by Crippen LogP contribution is 2.14. The van der Waals surface area contributed by atoms with E-state index in [0.717, 1.165) is 12.8 Å². The Bertz CT molecular complexity index is 437. The van der Waals surface area contributed by atoms with Crippen molar-refractivity contribution in [2.75, 3.05) is 0 Å². The summed E-state index contributed by atoms with van der Waals surface area (Å²) in [7, 11) is 0. The number of hydrogen-bond donors (Lipinski definition) is 2. The van der Waals surface area contributed by atoms with E-state index in [9.17, 15) is 9.59 Å². The molecule has 0 saturated heterocycles. The Labute approximate surface area is 114 Å². The number of aliphatic carboxylic acids is 1. The summed E-state index contributed by atoms with van der Waals surface area (Å²) in [5.41, 5.74) is 0.382. The fourth-order valence-electron chi connectivity index (χ4n) is 1.46. The Morgan fingerprint density at radius 1 is 1.56 bits per heavy atom. The van der Waals surface area contributed by atoms with Gasteiger partial charge in [0.05, 0.1) is 5.56 Å². The molecule has 0 aliphatic heterocycles. The third-order valence-electron chi connectivity index (χ3n) is 2.47. The molecule has 1 heterocycles. The Balaban J connectivity index is 2.72. The summed E-state index contributed by atoms with van der Waals surface area (Å²) < 4.78 is 0.544. The van der Waals surface area contributed by atoms with Gasteiger partial charge in [0, 0.05) is 16.9 Å². The SMILES string of the molecule is CCCC[C@H](NC(=O)c1ccncc1Br)C(=O)O. The number of amides is 1. The quantitative estimate of drug-likeness (QED) is 0.843. The second-order valence-electron chi connectivity index (χ2n) is 3.86. The van der Waals surface area contributed by atoms with E-state index in [1.165, 1.54) is 18.5 Å². The number of carbonyl (C=O) groups excluding carboxylic acids is 1. The van der Waals surface area contributed by atoms with E-state index in [-0.39, 0.29) is 0 Å². The average Bonchev–Trinajstić information content (AvgIpc) is 2.34. The molecule has 5 nitrogen and oxygen atoms in total. The topological polar surface area (TPSA) is 79.3 Å². The molecule has 0 aliphatic rings. The second-order valence-corrected chi connectivity index (χ2v) is 4.72. The molecule has 1 aromatic rings. The van der Waals surface area contributed by atoms with Crippen LogP contribution < -0.4 is 5.32 Å². The summed E-state index contributed by atoms with van der Waals surface area (Å²) in [5, 5.41) is 11.5. The molecule has 2 N–H and O–H groups in total. The molecule has 0 radical (unpaired) electrons. The van der Waals surface area contributed by atoms with Gasteiger partial charge in [0.15, 0.2) is 0 Å². The third kappa shape index (κ3) is 4.10. The maximum Gasteiger partial charge on any atom is 0.326 e. The monoisotopic (exact) mass is 314 g/mol. The molecule has 1 rings (SSSR count). The lowest BCUT2D eigenvalue weighted by atomic mass is 10.1. The lowest BCUT2D eigenvalue weighted by Crippen LogP contribution is -2.40. The van der Waals surface area contributed by atoms with E-state index in [0.29, 0.717) is 16.5 Å². The van der Waals surface area contributed by atoms with Gasteiger partial charge in [-0.05, 0) is 28.4 Å².